The molecule has 5 heteroatoms. The Morgan fingerprint density at radius 1 is 0.520 bits per heavy atom. The second-order valence-electron chi connectivity index (χ2n) is 5.23. The Hall–Kier alpha value is -3.34. The molecule has 0 unspecified atom stereocenters. The first-order valence-corrected chi connectivity index (χ1v) is 7.51. The van der Waals surface area contributed by atoms with Crippen molar-refractivity contribution in [3.8, 4) is 28.7 Å². The number of phenolic OH excluding ortho intramolecular Hbond substituents is 5. The van der Waals surface area contributed by atoms with Gasteiger partial charge in [0.25, 0.3) is 0 Å². The zero-order chi connectivity index (χ0) is 18.8. The third-order valence-electron chi connectivity index (χ3n) is 3.21. The van der Waals surface area contributed by atoms with E-state index in [4.69, 9.17) is 25.5 Å². The van der Waals surface area contributed by atoms with E-state index < -0.39 is 0 Å². The maximum absolute atomic E-state index is 8.94. The van der Waals surface area contributed by atoms with Crippen LogP contribution in [0, 0.1) is 13.8 Å². The van der Waals surface area contributed by atoms with Gasteiger partial charge in [-0.15, -0.1) is 0 Å². The third-order valence-corrected chi connectivity index (χ3v) is 3.21. The van der Waals surface area contributed by atoms with Gasteiger partial charge in [0.05, 0.1) is 0 Å². The molecule has 5 nitrogen and oxygen atoms in total. The van der Waals surface area contributed by atoms with E-state index in [1.807, 2.05) is 6.07 Å². The summed E-state index contributed by atoms with van der Waals surface area (Å²) >= 11 is 0. The number of hydrogen-bond donors (Lipinski definition) is 5. The molecular formula is C20H22O5. The average Bonchev–Trinajstić information content (AvgIpc) is 2.58. The van der Waals surface area contributed by atoms with Crippen LogP contribution in [0.3, 0.4) is 0 Å². The van der Waals surface area contributed by atoms with E-state index in [1.165, 1.54) is 30.3 Å². The predicted octanol–water partition coefficient (Wildman–Crippen LogP) is 4.20. The van der Waals surface area contributed by atoms with E-state index in [1.54, 1.807) is 44.2 Å². The number of rotatable bonds is 0. The molecule has 0 spiro atoms. The van der Waals surface area contributed by atoms with Crippen molar-refractivity contribution in [2.24, 2.45) is 0 Å². The van der Waals surface area contributed by atoms with E-state index in [0.29, 0.717) is 16.9 Å². The highest BCUT2D eigenvalue weighted by molar-refractivity contribution is 5.41. The fraction of sp³-hybridized carbons (Fsp3) is 0.100. The Labute approximate surface area is 146 Å². The van der Waals surface area contributed by atoms with Crippen molar-refractivity contribution in [1.82, 2.24) is 0 Å². The van der Waals surface area contributed by atoms with Gasteiger partial charge in [-0.25, -0.2) is 0 Å². The minimum absolute atomic E-state index is 0.134. The summed E-state index contributed by atoms with van der Waals surface area (Å²) < 4.78 is 0. The molecule has 3 rings (SSSR count). The molecule has 3 aromatic carbocycles. The fourth-order valence-corrected chi connectivity index (χ4v) is 1.68. The van der Waals surface area contributed by atoms with Crippen LogP contribution in [0.2, 0.25) is 0 Å². The number of phenols is 5. The van der Waals surface area contributed by atoms with E-state index in [-0.39, 0.29) is 23.0 Å². The molecule has 0 aliphatic heterocycles. The molecule has 0 radical (unpaired) electrons. The molecule has 0 amide bonds. The summed E-state index contributed by atoms with van der Waals surface area (Å²) in [6, 6.07) is 17.8. The Bertz CT molecular complexity index is 765. The summed E-state index contributed by atoms with van der Waals surface area (Å²) in [6.45, 7) is 3.39. The number of hydrogen-bond acceptors (Lipinski definition) is 5. The first kappa shape index (κ1) is 19.7. The molecular weight excluding hydrogens is 320 g/mol. The molecule has 0 aliphatic rings. The van der Waals surface area contributed by atoms with Crippen molar-refractivity contribution in [3.63, 3.8) is 0 Å². The van der Waals surface area contributed by atoms with Gasteiger partial charge in [0.2, 0.25) is 0 Å². The Morgan fingerprint density at radius 3 is 1.44 bits per heavy atom. The van der Waals surface area contributed by atoms with Crippen molar-refractivity contribution in [2.45, 2.75) is 13.8 Å². The maximum atomic E-state index is 8.94. The molecule has 0 saturated carbocycles. The molecule has 3 aromatic rings. The summed E-state index contributed by atoms with van der Waals surface area (Å²) in [5, 5.41) is 44.3. The molecule has 0 bridgehead atoms. The SMILES string of the molecule is Cc1c(O)cccc1O.Cc1cc(O)ccc1O.Oc1ccccc1. The summed E-state index contributed by atoms with van der Waals surface area (Å²) in [5.41, 5.74) is 1.22. The van der Waals surface area contributed by atoms with Crippen LogP contribution >= 0.6 is 0 Å². The van der Waals surface area contributed by atoms with Crippen LogP contribution in [0.15, 0.2) is 66.7 Å². The van der Waals surface area contributed by atoms with Gasteiger partial charge in [-0.3, -0.25) is 0 Å². The van der Waals surface area contributed by atoms with Gasteiger partial charge in [0.1, 0.15) is 28.7 Å². The Morgan fingerprint density at radius 2 is 1.08 bits per heavy atom. The lowest BCUT2D eigenvalue weighted by atomic mass is 10.2. The van der Waals surface area contributed by atoms with Gasteiger partial charge in [0, 0.05) is 5.56 Å². The Kier molecular flexibility index (Phi) is 7.66. The second kappa shape index (κ2) is 9.72. The van der Waals surface area contributed by atoms with Crippen molar-refractivity contribution in [3.05, 3.63) is 77.9 Å². The monoisotopic (exact) mass is 342 g/mol. The highest BCUT2D eigenvalue weighted by Crippen LogP contribution is 2.23. The van der Waals surface area contributed by atoms with Crippen LogP contribution in [0.5, 0.6) is 28.7 Å². The normalized spacial score (nSPS) is 9.20. The quantitative estimate of drug-likeness (QED) is 0.394. The van der Waals surface area contributed by atoms with Crippen LogP contribution in [-0.2, 0) is 0 Å². The Balaban J connectivity index is 0.000000189. The summed E-state index contributed by atoms with van der Waals surface area (Å²) in [7, 11) is 0. The van der Waals surface area contributed by atoms with E-state index in [9.17, 15) is 0 Å². The van der Waals surface area contributed by atoms with Crippen molar-refractivity contribution in [2.75, 3.05) is 0 Å². The van der Waals surface area contributed by atoms with Crippen LogP contribution < -0.4 is 0 Å². The van der Waals surface area contributed by atoms with Gasteiger partial charge in [0.15, 0.2) is 0 Å². The topological polar surface area (TPSA) is 101 Å². The molecule has 0 saturated heterocycles. The molecule has 5 N–H and O–H groups in total. The van der Waals surface area contributed by atoms with E-state index in [0.717, 1.165) is 0 Å². The summed E-state index contributed by atoms with van der Waals surface area (Å²) in [4.78, 5) is 0. The van der Waals surface area contributed by atoms with Crippen molar-refractivity contribution in [1.29, 1.82) is 0 Å². The molecule has 0 heterocycles. The molecule has 25 heavy (non-hydrogen) atoms. The van der Waals surface area contributed by atoms with Gasteiger partial charge in [-0.1, -0.05) is 24.3 Å². The average molecular weight is 342 g/mol. The highest BCUT2D eigenvalue weighted by atomic mass is 16.3. The van der Waals surface area contributed by atoms with Crippen LogP contribution in [0.1, 0.15) is 11.1 Å². The minimum atomic E-state index is 0.134. The predicted molar refractivity (Wildman–Crippen MR) is 97.1 cm³/mol. The third kappa shape index (κ3) is 7.18. The fourth-order valence-electron chi connectivity index (χ4n) is 1.68. The van der Waals surface area contributed by atoms with E-state index >= 15 is 0 Å². The summed E-state index contributed by atoms with van der Waals surface area (Å²) in [6.07, 6.45) is 0. The number of aryl methyl sites for hydroxylation is 1. The van der Waals surface area contributed by atoms with Gasteiger partial charge < -0.3 is 25.5 Å². The lowest BCUT2D eigenvalue weighted by Gasteiger charge is -1.98. The van der Waals surface area contributed by atoms with Gasteiger partial charge >= 0.3 is 0 Å². The largest absolute Gasteiger partial charge is 0.508 e. The first-order chi connectivity index (χ1) is 11.8. The van der Waals surface area contributed by atoms with Crippen LogP contribution in [0.25, 0.3) is 0 Å². The molecule has 0 aromatic heterocycles. The smallest absolute Gasteiger partial charge is 0.122 e. The van der Waals surface area contributed by atoms with Crippen LogP contribution in [-0.4, -0.2) is 25.5 Å². The number of para-hydroxylation sites is 1. The number of aromatic hydroxyl groups is 5. The van der Waals surface area contributed by atoms with Gasteiger partial charge in [-0.05, 0) is 61.9 Å². The summed E-state index contributed by atoms with van der Waals surface area (Å²) in [5.74, 6) is 0.991. The van der Waals surface area contributed by atoms with Gasteiger partial charge in [-0.2, -0.15) is 0 Å². The maximum Gasteiger partial charge on any atom is 0.122 e. The zero-order valence-electron chi connectivity index (χ0n) is 14.1. The molecule has 0 aliphatic carbocycles. The standard InChI is InChI=1S/2C7H8O2.C6H6O/c1-5-4-6(8)2-3-7(5)9;1-5-6(8)3-2-4-7(5)9;7-6-4-2-1-3-5-6/h2*2-4,8-9H,1H3;1-5,7H. The second-order valence-corrected chi connectivity index (χ2v) is 5.23. The lowest BCUT2D eigenvalue weighted by Crippen LogP contribution is -1.73. The van der Waals surface area contributed by atoms with Crippen molar-refractivity contribution >= 4 is 0 Å². The zero-order valence-corrected chi connectivity index (χ0v) is 14.1. The molecule has 0 fully saturated rings. The molecule has 132 valence electrons. The molecule has 0 atom stereocenters. The lowest BCUT2D eigenvalue weighted by molar-refractivity contribution is 0.443. The van der Waals surface area contributed by atoms with E-state index in [2.05, 4.69) is 0 Å². The number of benzene rings is 3. The van der Waals surface area contributed by atoms with Crippen molar-refractivity contribution < 1.29 is 25.5 Å². The highest BCUT2D eigenvalue weighted by Gasteiger charge is 1.97. The minimum Gasteiger partial charge on any atom is -0.508 e. The van der Waals surface area contributed by atoms with Crippen LogP contribution in [0.4, 0.5) is 0 Å². The first-order valence-electron chi connectivity index (χ1n) is 7.51.